The molecule has 1 aliphatic rings. The summed E-state index contributed by atoms with van der Waals surface area (Å²) < 4.78 is 23.1. The maximum atomic E-state index is 12.6. The molecule has 164 valence electrons. The second-order valence-corrected chi connectivity index (χ2v) is 7.96. The van der Waals surface area contributed by atoms with Crippen LogP contribution in [0, 0.1) is 6.92 Å². The highest BCUT2D eigenvalue weighted by atomic mass is 16.5. The molecule has 0 atom stereocenters. The molecular weight excluding hydrogens is 394 g/mol. The zero-order valence-corrected chi connectivity index (χ0v) is 18.1. The van der Waals surface area contributed by atoms with E-state index in [1.165, 1.54) is 0 Å². The van der Waals surface area contributed by atoms with Crippen LogP contribution in [0.3, 0.4) is 0 Å². The van der Waals surface area contributed by atoms with Crippen molar-refractivity contribution in [2.75, 3.05) is 26.9 Å². The van der Waals surface area contributed by atoms with Crippen LogP contribution in [0.2, 0.25) is 0 Å². The number of ether oxygens (including phenoxy) is 4. The standard InChI is InChI=1S/C25H29NO5/c1-18-23(26-22-9-4-3-8-21(22)24(18)27)17-31-20-7-5-6-19(16-20)30-15-12-25(28-2)10-13-29-14-11-25/h3-9,16H,10-15,17H2,1-2H3,(H,26,27). The van der Waals surface area contributed by atoms with Gasteiger partial charge < -0.3 is 23.9 Å². The van der Waals surface area contributed by atoms with Crippen LogP contribution in [0.1, 0.15) is 30.5 Å². The van der Waals surface area contributed by atoms with Gasteiger partial charge in [0.2, 0.25) is 0 Å². The highest BCUT2D eigenvalue weighted by Crippen LogP contribution is 2.29. The van der Waals surface area contributed by atoms with E-state index >= 15 is 0 Å². The number of rotatable bonds is 8. The first-order chi connectivity index (χ1) is 15.1. The first kappa shape index (κ1) is 21.4. The van der Waals surface area contributed by atoms with Crippen molar-refractivity contribution in [1.82, 2.24) is 4.98 Å². The van der Waals surface area contributed by atoms with Crippen LogP contribution in [-0.2, 0) is 16.1 Å². The minimum atomic E-state index is -0.161. The fourth-order valence-electron chi connectivity index (χ4n) is 3.99. The summed E-state index contributed by atoms with van der Waals surface area (Å²) in [6.07, 6.45) is 2.59. The van der Waals surface area contributed by atoms with Gasteiger partial charge in [0.25, 0.3) is 0 Å². The lowest BCUT2D eigenvalue weighted by molar-refractivity contribution is -0.0983. The van der Waals surface area contributed by atoms with Crippen LogP contribution in [0.15, 0.2) is 53.3 Å². The first-order valence-electron chi connectivity index (χ1n) is 10.7. The van der Waals surface area contributed by atoms with E-state index < -0.39 is 0 Å². The number of aromatic nitrogens is 1. The third-order valence-corrected chi connectivity index (χ3v) is 6.10. The number of nitrogens with one attached hydrogen (secondary N) is 1. The van der Waals surface area contributed by atoms with Gasteiger partial charge in [-0.1, -0.05) is 18.2 Å². The van der Waals surface area contributed by atoms with Gasteiger partial charge in [-0.3, -0.25) is 4.79 Å². The van der Waals surface area contributed by atoms with Gasteiger partial charge in [-0.25, -0.2) is 0 Å². The van der Waals surface area contributed by atoms with Crippen LogP contribution >= 0.6 is 0 Å². The van der Waals surface area contributed by atoms with E-state index in [9.17, 15) is 4.79 Å². The molecule has 2 heterocycles. The largest absolute Gasteiger partial charge is 0.493 e. The molecule has 4 rings (SSSR count). The summed E-state index contributed by atoms with van der Waals surface area (Å²) in [6.45, 7) is 4.13. The first-order valence-corrected chi connectivity index (χ1v) is 10.7. The quantitative estimate of drug-likeness (QED) is 0.582. The van der Waals surface area contributed by atoms with Crippen molar-refractivity contribution in [3.8, 4) is 11.5 Å². The Morgan fingerprint density at radius 3 is 2.55 bits per heavy atom. The van der Waals surface area contributed by atoms with Gasteiger partial charge in [0, 0.05) is 49.3 Å². The highest BCUT2D eigenvalue weighted by molar-refractivity contribution is 5.79. The lowest BCUT2D eigenvalue weighted by Crippen LogP contribution is -2.39. The molecule has 0 aliphatic carbocycles. The number of aromatic amines is 1. The summed E-state index contributed by atoms with van der Waals surface area (Å²) in [7, 11) is 1.76. The monoisotopic (exact) mass is 423 g/mol. The molecule has 0 saturated carbocycles. The number of pyridine rings is 1. The van der Waals surface area contributed by atoms with E-state index in [4.69, 9.17) is 18.9 Å². The van der Waals surface area contributed by atoms with Crippen molar-refractivity contribution >= 4 is 10.9 Å². The molecule has 2 aromatic carbocycles. The minimum Gasteiger partial charge on any atom is -0.493 e. The summed E-state index contributed by atoms with van der Waals surface area (Å²) in [5.41, 5.74) is 2.13. The molecule has 0 unspecified atom stereocenters. The Morgan fingerprint density at radius 1 is 1.03 bits per heavy atom. The molecular formula is C25H29NO5. The van der Waals surface area contributed by atoms with Gasteiger partial charge in [0.05, 0.1) is 17.9 Å². The number of benzene rings is 2. The Morgan fingerprint density at radius 2 is 1.77 bits per heavy atom. The van der Waals surface area contributed by atoms with Crippen molar-refractivity contribution < 1.29 is 18.9 Å². The minimum absolute atomic E-state index is 0.0326. The van der Waals surface area contributed by atoms with E-state index in [2.05, 4.69) is 4.98 Å². The van der Waals surface area contributed by atoms with Crippen molar-refractivity contribution in [3.05, 3.63) is 70.0 Å². The molecule has 6 heteroatoms. The molecule has 1 saturated heterocycles. The fourth-order valence-corrected chi connectivity index (χ4v) is 3.99. The van der Waals surface area contributed by atoms with Gasteiger partial charge in [0.15, 0.2) is 5.43 Å². The zero-order chi connectivity index (χ0) is 21.7. The molecule has 0 spiro atoms. The van der Waals surface area contributed by atoms with Gasteiger partial charge in [-0.15, -0.1) is 0 Å². The topological polar surface area (TPSA) is 69.8 Å². The van der Waals surface area contributed by atoms with Gasteiger partial charge in [-0.05, 0) is 44.0 Å². The van der Waals surface area contributed by atoms with E-state index in [0.717, 1.165) is 49.4 Å². The van der Waals surface area contributed by atoms with Gasteiger partial charge >= 0.3 is 0 Å². The summed E-state index contributed by atoms with van der Waals surface area (Å²) in [4.78, 5) is 15.9. The number of para-hydroxylation sites is 1. The van der Waals surface area contributed by atoms with Crippen LogP contribution in [0.5, 0.6) is 11.5 Å². The van der Waals surface area contributed by atoms with Crippen molar-refractivity contribution in [1.29, 1.82) is 0 Å². The van der Waals surface area contributed by atoms with Crippen molar-refractivity contribution in [3.63, 3.8) is 0 Å². The lowest BCUT2D eigenvalue weighted by atomic mass is 9.91. The number of hydrogen-bond donors (Lipinski definition) is 1. The Balaban J connectivity index is 1.38. The van der Waals surface area contributed by atoms with Crippen LogP contribution in [-0.4, -0.2) is 37.5 Å². The smallest absolute Gasteiger partial charge is 0.192 e. The van der Waals surface area contributed by atoms with E-state index in [-0.39, 0.29) is 17.6 Å². The molecule has 31 heavy (non-hydrogen) atoms. The molecule has 6 nitrogen and oxygen atoms in total. The van der Waals surface area contributed by atoms with E-state index in [1.807, 2.05) is 55.5 Å². The molecule has 0 amide bonds. The molecule has 0 radical (unpaired) electrons. The molecule has 1 aliphatic heterocycles. The molecule has 1 aromatic heterocycles. The maximum Gasteiger partial charge on any atom is 0.192 e. The third-order valence-electron chi connectivity index (χ3n) is 6.10. The third kappa shape index (κ3) is 4.92. The lowest BCUT2D eigenvalue weighted by Gasteiger charge is -2.35. The normalized spacial score (nSPS) is 15.7. The zero-order valence-electron chi connectivity index (χ0n) is 18.1. The number of methoxy groups -OCH3 is 1. The number of H-pyrrole nitrogens is 1. The second kappa shape index (κ2) is 9.54. The Bertz CT molecular complexity index is 1080. The van der Waals surface area contributed by atoms with Crippen molar-refractivity contribution in [2.45, 2.75) is 38.4 Å². The summed E-state index contributed by atoms with van der Waals surface area (Å²) in [5.74, 6) is 1.44. The molecule has 3 aromatic rings. The van der Waals surface area contributed by atoms with Crippen LogP contribution < -0.4 is 14.9 Å². The summed E-state index contributed by atoms with van der Waals surface area (Å²) in [5, 5.41) is 0.692. The average Bonchev–Trinajstić information content (AvgIpc) is 2.81. The Hall–Kier alpha value is -2.83. The van der Waals surface area contributed by atoms with Gasteiger partial charge in [0.1, 0.15) is 18.1 Å². The SMILES string of the molecule is COC1(CCOc2cccc(OCc3[nH]c4ccccc4c(=O)c3C)c2)CCOCC1. The molecule has 0 bridgehead atoms. The molecule has 1 N–H and O–H groups in total. The summed E-state index contributed by atoms with van der Waals surface area (Å²) >= 11 is 0. The Kier molecular flexibility index (Phi) is 6.59. The number of hydrogen-bond acceptors (Lipinski definition) is 5. The average molecular weight is 424 g/mol. The van der Waals surface area contributed by atoms with Crippen LogP contribution in [0.4, 0.5) is 0 Å². The van der Waals surface area contributed by atoms with E-state index in [0.29, 0.717) is 23.3 Å². The fraction of sp³-hybridized carbons (Fsp3) is 0.400. The summed E-state index contributed by atoms with van der Waals surface area (Å²) in [6, 6.07) is 15.1. The number of fused-ring (bicyclic) bond motifs is 1. The maximum absolute atomic E-state index is 12.6. The predicted octanol–water partition coefficient (Wildman–Crippen LogP) is 4.38. The molecule has 1 fully saturated rings. The highest BCUT2D eigenvalue weighted by Gasteiger charge is 2.32. The predicted molar refractivity (Wildman–Crippen MR) is 120 cm³/mol. The van der Waals surface area contributed by atoms with Gasteiger partial charge in [-0.2, -0.15) is 0 Å². The van der Waals surface area contributed by atoms with E-state index in [1.54, 1.807) is 7.11 Å². The van der Waals surface area contributed by atoms with Crippen molar-refractivity contribution in [2.24, 2.45) is 0 Å². The Labute approximate surface area is 182 Å². The second-order valence-electron chi connectivity index (χ2n) is 7.96. The van der Waals surface area contributed by atoms with Crippen LogP contribution in [0.25, 0.3) is 10.9 Å².